The Kier molecular flexibility index (Phi) is 6.15. The van der Waals surface area contributed by atoms with Crippen LogP contribution in [0.1, 0.15) is 55.4 Å². The summed E-state index contributed by atoms with van der Waals surface area (Å²) < 4.78 is 6.27. The predicted molar refractivity (Wildman–Crippen MR) is 86.0 cm³/mol. The molecule has 1 aliphatic heterocycles. The fourth-order valence-corrected chi connectivity index (χ4v) is 3.13. The summed E-state index contributed by atoms with van der Waals surface area (Å²) in [5.41, 5.74) is 0. The third-order valence-corrected chi connectivity index (χ3v) is 3.69. The van der Waals surface area contributed by atoms with E-state index in [-0.39, 0.29) is 14.1 Å². The quantitative estimate of drug-likeness (QED) is 0.686. The second-order valence-corrected chi connectivity index (χ2v) is 6.57. The Balaban J connectivity index is 2.75. The molecule has 0 saturated heterocycles. The maximum atomic E-state index is 6.27. The van der Waals surface area contributed by atoms with Gasteiger partial charge in [0.2, 0.25) is 0 Å². The molecule has 0 aromatic carbocycles. The average molecular weight is 264 g/mol. The van der Waals surface area contributed by atoms with Crippen molar-refractivity contribution in [2.24, 2.45) is 0 Å². The highest BCUT2D eigenvalue weighted by Gasteiger charge is 2.39. The Morgan fingerprint density at radius 2 is 0.895 bits per heavy atom. The van der Waals surface area contributed by atoms with Crippen molar-refractivity contribution in [3.63, 3.8) is 0 Å². The van der Waals surface area contributed by atoms with Crippen molar-refractivity contribution < 1.29 is 4.57 Å². The van der Waals surface area contributed by atoms with Gasteiger partial charge in [-0.15, -0.1) is 0 Å². The Morgan fingerprint density at radius 1 is 0.632 bits per heavy atom. The van der Waals surface area contributed by atoms with Crippen LogP contribution in [0, 0.1) is 0 Å². The van der Waals surface area contributed by atoms with Crippen LogP contribution in [0.5, 0.6) is 0 Å². The van der Waals surface area contributed by atoms with Crippen molar-refractivity contribution in [3.05, 3.63) is 12.0 Å². The Bertz CT molecular complexity index is 262. The van der Waals surface area contributed by atoms with Crippen molar-refractivity contribution in [2.75, 3.05) is 0 Å². The van der Waals surface area contributed by atoms with Gasteiger partial charge in [0.15, 0.2) is 0 Å². The molecule has 5 heteroatoms. The zero-order valence-electron chi connectivity index (χ0n) is 13.9. The first-order valence-corrected chi connectivity index (χ1v) is 7.64. The largest absolute Gasteiger partial charge is 0.465 e. The first kappa shape index (κ1) is 16.8. The van der Waals surface area contributed by atoms with E-state index in [0.717, 1.165) is 0 Å². The van der Waals surface area contributed by atoms with Gasteiger partial charge in [0.1, 0.15) is 0 Å². The van der Waals surface area contributed by atoms with Gasteiger partial charge in [-0.25, -0.2) is 0 Å². The fourth-order valence-electron chi connectivity index (χ4n) is 3.13. The third kappa shape index (κ3) is 4.11. The predicted octanol–water partition coefficient (Wildman–Crippen LogP) is 2.87. The standard InChI is InChI=1S/C14H30B2N2O/c1-11(2)17(12(3)4)15-9-10-16(19-15)18(13(5)6)14(7)8/h9-14H,1-8H3. The molecular formula is C14H30B2N2O. The van der Waals surface area contributed by atoms with Crippen molar-refractivity contribution in [3.8, 4) is 0 Å². The van der Waals surface area contributed by atoms with Gasteiger partial charge < -0.3 is 14.2 Å². The van der Waals surface area contributed by atoms with Crippen LogP contribution in [-0.4, -0.2) is 47.9 Å². The molecule has 0 unspecified atom stereocenters. The summed E-state index contributed by atoms with van der Waals surface area (Å²) in [5.74, 6) is 4.42. The molecule has 0 aliphatic carbocycles. The molecule has 108 valence electrons. The van der Waals surface area contributed by atoms with E-state index in [0.29, 0.717) is 24.2 Å². The highest BCUT2D eigenvalue weighted by molar-refractivity contribution is 6.74. The SMILES string of the molecule is CC(C)N(B1C=CB(N(C(C)C)C(C)C)O1)C(C)C. The number of hydrogen-bond donors (Lipinski definition) is 0. The van der Waals surface area contributed by atoms with Crippen LogP contribution < -0.4 is 0 Å². The lowest BCUT2D eigenvalue weighted by molar-refractivity contribution is 0.245. The minimum absolute atomic E-state index is 0.102. The minimum Gasteiger partial charge on any atom is -0.465 e. The monoisotopic (exact) mass is 264 g/mol. The van der Waals surface area contributed by atoms with Gasteiger partial charge in [-0.2, -0.15) is 0 Å². The second kappa shape index (κ2) is 6.96. The van der Waals surface area contributed by atoms with Gasteiger partial charge in [0, 0.05) is 0 Å². The maximum absolute atomic E-state index is 6.27. The minimum atomic E-state index is 0.102. The first-order chi connectivity index (χ1) is 8.75. The Hall–Kier alpha value is -0.250. The van der Waals surface area contributed by atoms with Crippen LogP contribution in [0.4, 0.5) is 0 Å². The maximum Gasteiger partial charge on any atom is 0.396 e. The molecule has 0 fully saturated rings. The van der Waals surface area contributed by atoms with E-state index in [1.807, 2.05) is 0 Å². The molecular weight excluding hydrogens is 234 g/mol. The number of hydrogen-bond acceptors (Lipinski definition) is 3. The fraction of sp³-hybridized carbons (Fsp3) is 0.857. The van der Waals surface area contributed by atoms with E-state index in [4.69, 9.17) is 4.57 Å². The van der Waals surface area contributed by atoms with E-state index >= 15 is 0 Å². The molecule has 0 atom stereocenters. The Labute approximate surface area is 120 Å². The summed E-state index contributed by atoms with van der Waals surface area (Å²) in [7, 11) is 0.204. The molecule has 1 rings (SSSR count). The molecule has 0 aromatic heterocycles. The van der Waals surface area contributed by atoms with E-state index < -0.39 is 0 Å². The lowest BCUT2D eigenvalue weighted by Gasteiger charge is -2.37. The first-order valence-electron chi connectivity index (χ1n) is 7.64. The summed E-state index contributed by atoms with van der Waals surface area (Å²) in [6.07, 6.45) is 0. The molecule has 0 saturated carbocycles. The summed E-state index contributed by atoms with van der Waals surface area (Å²) in [5, 5.41) is 0. The van der Waals surface area contributed by atoms with Crippen LogP contribution >= 0.6 is 0 Å². The zero-order valence-corrected chi connectivity index (χ0v) is 13.9. The Morgan fingerprint density at radius 3 is 1.11 bits per heavy atom. The van der Waals surface area contributed by atoms with E-state index in [1.165, 1.54) is 0 Å². The summed E-state index contributed by atoms with van der Waals surface area (Å²) >= 11 is 0. The van der Waals surface area contributed by atoms with Crippen LogP contribution in [0.25, 0.3) is 0 Å². The van der Waals surface area contributed by atoms with Crippen LogP contribution in [0.3, 0.4) is 0 Å². The molecule has 0 aromatic rings. The molecule has 0 amide bonds. The molecule has 0 bridgehead atoms. The zero-order chi connectivity index (χ0) is 14.7. The van der Waals surface area contributed by atoms with Gasteiger partial charge in [-0.1, -0.05) is 67.3 Å². The third-order valence-electron chi connectivity index (χ3n) is 3.69. The summed E-state index contributed by atoms with van der Waals surface area (Å²) in [6, 6.07) is 1.94. The molecule has 0 radical (unpaired) electrons. The smallest absolute Gasteiger partial charge is 0.396 e. The highest BCUT2D eigenvalue weighted by atomic mass is 16.4. The van der Waals surface area contributed by atoms with Crippen molar-refractivity contribution >= 4 is 14.1 Å². The normalized spacial score (nSPS) is 16.5. The van der Waals surface area contributed by atoms with E-state index in [2.05, 4.69) is 77.0 Å². The topological polar surface area (TPSA) is 15.7 Å². The molecule has 0 spiro atoms. The van der Waals surface area contributed by atoms with Gasteiger partial charge in [0.25, 0.3) is 0 Å². The number of nitrogens with zero attached hydrogens (tertiary/aromatic N) is 2. The summed E-state index contributed by atoms with van der Waals surface area (Å²) in [4.78, 5) is 4.82. The molecule has 0 N–H and O–H groups in total. The van der Waals surface area contributed by atoms with Gasteiger partial charge in [0.05, 0.1) is 0 Å². The lowest BCUT2D eigenvalue weighted by Crippen LogP contribution is -2.53. The molecule has 19 heavy (non-hydrogen) atoms. The highest BCUT2D eigenvalue weighted by Crippen LogP contribution is 2.20. The molecule has 1 aliphatic rings. The molecule has 1 heterocycles. The van der Waals surface area contributed by atoms with Gasteiger partial charge in [-0.05, 0) is 24.2 Å². The van der Waals surface area contributed by atoms with Crippen LogP contribution in [-0.2, 0) is 4.57 Å². The summed E-state index contributed by atoms with van der Waals surface area (Å²) in [6.45, 7) is 17.8. The van der Waals surface area contributed by atoms with Crippen molar-refractivity contribution in [1.29, 1.82) is 0 Å². The van der Waals surface area contributed by atoms with E-state index in [1.54, 1.807) is 0 Å². The lowest BCUT2D eigenvalue weighted by atomic mass is 9.78. The molecule has 3 nitrogen and oxygen atoms in total. The van der Waals surface area contributed by atoms with Gasteiger partial charge >= 0.3 is 14.1 Å². The van der Waals surface area contributed by atoms with Crippen LogP contribution in [0.2, 0.25) is 0 Å². The van der Waals surface area contributed by atoms with Crippen molar-refractivity contribution in [2.45, 2.75) is 79.6 Å². The van der Waals surface area contributed by atoms with Gasteiger partial charge in [-0.3, -0.25) is 0 Å². The second-order valence-electron chi connectivity index (χ2n) is 6.57. The van der Waals surface area contributed by atoms with E-state index in [9.17, 15) is 0 Å². The average Bonchev–Trinajstić information content (AvgIpc) is 2.64. The van der Waals surface area contributed by atoms with Crippen molar-refractivity contribution in [1.82, 2.24) is 9.62 Å². The number of rotatable bonds is 6. The van der Waals surface area contributed by atoms with Crippen LogP contribution in [0.15, 0.2) is 12.0 Å².